The number of piperazine rings is 1. The lowest BCUT2D eigenvalue weighted by Crippen LogP contribution is -2.44. The van der Waals surface area contributed by atoms with Gasteiger partial charge < -0.3 is 10.2 Å². The molecule has 0 saturated carbocycles. The van der Waals surface area contributed by atoms with Crippen LogP contribution in [0.1, 0.15) is 0 Å². The molecule has 1 aliphatic rings. The van der Waals surface area contributed by atoms with Crippen molar-refractivity contribution in [2.45, 2.75) is 0 Å². The molecule has 0 atom stereocenters. The quantitative estimate of drug-likeness (QED) is 0.813. The van der Waals surface area contributed by atoms with E-state index in [4.69, 9.17) is 0 Å². The number of H-pyrrole nitrogens is 1. The smallest absolute Gasteiger partial charge is 0.245 e. The van der Waals surface area contributed by atoms with Gasteiger partial charge in [-0.1, -0.05) is 0 Å². The van der Waals surface area contributed by atoms with E-state index in [9.17, 15) is 0 Å². The molecule has 1 saturated heterocycles. The van der Waals surface area contributed by atoms with Crippen LogP contribution in [-0.4, -0.2) is 41.4 Å². The number of rotatable bonds is 2. The fraction of sp³-hybridized carbons (Fsp3) is 0.400. The topological polar surface area (TPSA) is 56.8 Å². The first-order valence-corrected chi connectivity index (χ1v) is 6.28. The lowest BCUT2D eigenvalue weighted by Gasteiger charge is -2.25. The highest BCUT2D eigenvalue weighted by Gasteiger charge is 2.15. The molecule has 0 bridgehead atoms. The fourth-order valence-electron chi connectivity index (χ4n) is 1.79. The second-order valence-electron chi connectivity index (χ2n) is 3.73. The average Bonchev–Trinajstić information content (AvgIpc) is 3.01. The van der Waals surface area contributed by atoms with E-state index in [0.29, 0.717) is 0 Å². The Morgan fingerprint density at radius 1 is 1.31 bits per heavy atom. The highest BCUT2D eigenvalue weighted by Crippen LogP contribution is 2.20. The summed E-state index contributed by atoms with van der Waals surface area (Å²) in [6, 6.07) is 2.05. The van der Waals surface area contributed by atoms with Gasteiger partial charge in [0.05, 0.1) is 0 Å². The summed E-state index contributed by atoms with van der Waals surface area (Å²) in [5.74, 6) is 1.66. The largest absolute Gasteiger partial charge is 0.337 e. The first kappa shape index (κ1) is 9.80. The van der Waals surface area contributed by atoms with Crippen LogP contribution in [0.15, 0.2) is 16.8 Å². The molecular formula is C10H13N5S. The van der Waals surface area contributed by atoms with Gasteiger partial charge in [-0.3, -0.25) is 5.10 Å². The normalized spacial score (nSPS) is 16.6. The van der Waals surface area contributed by atoms with E-state index in [-0.39, 0.29) is 0 Å². The Labute approximate surface area is 97.5 Å². The number of aromatic nitrogens is 3. The molecule has 1 fully saturated rings. The zero-order valence-corrected chi connectivity index (χ0v) is 9.63. The molecule has 84 valence electrons. The van der Waals surface area contributed by atoms with Gasteiger partial charge in [-0.2, -0.15) is 16.3 Å². The fourth-order valence-corrected chi connectivity index (χ4v) is 2.43. The monoisotopic (exact) mass is 235 g/mol. The van der Waals surface area contributed by atoms with E-state index in [2.05, 4.69) is 30.8 Å². The van der Waals surface area contributed by atoms with Crippen LogP contribution in [-0.2, 0) is 0 Å². The van der Waals surface area contributed by atoms with Crippen LogP contribution in [0.3, 0.4) is 0 Å². The zero-order chi connectivity index (χ0) is 10.8. The lowest BCUT2D eigenvalue weighted by molar-refractivity contribution is 0.580. The van der Waals surface area contributed by atoms with Crippen LogP contribution < -0.4 is 10.2 Å². The molecule has 3 heterocycles. The number of nitrogens with one attached hydrogen (secondary N) is 2. The third-order valence-corrected chi connectivity index (χ3v) is 3.35. The van der Waals surface area contributed by atoms with E-state index < -0.39 is 0 Å². The first-order valence-electron chi connectivity index (χ1n) is 5.34. The Hall–Kier alpha value is -1.40. The van der Waals surface area contributed by atoms with Crippen molar-refractivity contribution in [3.05, 3.63) is 16.8 Å². The molecule has 2 aromatic heterocycles. The maximum atomic E-state index is 4.51. The van der Waals surface area contributed by atoms with E-state index in [1.807, 2.05) is 11.4 Å². The molecule has 0 unspecified atom stereocenters. The molecular weight excluding hydrogens is 222 g/mol. The Kier molecular flexibility index (Phi) is 2.59. The molecule has 5 nitrogen and oxygen atoms in total. The Morgan fingerprint density at radius 2 is 2.19 bits per heavy atom. The van der Waals surface area contributed by atoms with Crippen molar-refractivity contribution >= 4 is 17.3 Å². The van der Waals surface area contributed by atoms with Crippen LogP contribution in [0.2, 0.25) is 0 Å². The highest BCUT2D eigenvalue weighted by molar-refractivity contribution is 7.08. The van der Waals surface area contributed by atoms with Crippen molar-refractivity contribution in [1.29, 1.82) is 0 Å². The summed E-state index contributed by atoms with van der Waals surface area (Å²) >= 11 is 1.67. The van der Waals surface area contributed by atoms with Crippen LogP contribution in [0, 0.1) is 0 Å². The molecule has 3 rings (SSSR count). The Balaban J connectivity index is 1.82. The SMILES string of the molecule is c1cc(-c2nc(N3CCNCC3)n[nH]2)cs1. The van der Waals surface area contributed by atoms with Crippen molar-refractivity contribution in [1.82, 2.24) is 20.5 Å². The second-order valence-corrected chi connectivity index (χ2v) is 4.51. The Morgan fingerprint density at radius 3 is 2.94 bits per heavy atom. The number of anilines is 1. The van der Waals surface area contributed by atoms with Crippen LogP contribution in [0.25, 0.3) is 11.4 Å². The number of nitrogens with zero attached hydrogens (tertiary/aromatic N) is 3. The summed E-state index contributed by atoms with van der Waals surface area (Å²) in [6.07, 6.45) is 0. The summed E-state index contributed by atoms with van der Waals surface area (Å²) in [7, 11) is 0. The highest BCUT2D eigenvalue weighted by atomic mass is 32.1. The van der Waals surface area contributed by atoms with Crippen LogP contribution in [0.5, 0.6) is 0 Å². The minimum absolute atomic E-state index is 0.808. The van der Waals surface area contributed by atoms with Crippen LogP contribution >= 0.6 is 11.3 Å². The predicted octanol–water partition coefficient (Wildman–Crippen LogP) is 0.943. The molecule has 0 radical (unpaired) electrons. The van der Waals surface area contributed by atoms with Gasteiger partial charge in [-0.05, 0) is 11.4 Å². The third kappa shape index (κ3) is 1.81. The van der Waals surface area contributed by atoms with Gasteiger partial charge in [0.2, 0.25) is 5.95 Å². The van der Waals surface area contributed by atoms with Gasteiger partial charge in [0, 0.05) is 37.1 Å². The van der Waals surface area contributed by atoms with E-state index in [1.54, 1.807) is 11.3 Å². The molecule has 0 amide bonds. The van der Waals surface area contributed by atoms with E-state index in [1.165, 1.54) is 0 Å². The molecule has 1 aliphatic heterocycles. The van der Waals surface area contributed by atoms with Gasteiger partial charge in [-0.15, -0.1) is 5.10 Å². The standard InChI is InChI=1S/C10H13N5S/c1-6-16-7-8(1)9-12-10(14-13-9)15-4-2-11-3-5-15/h1,6-7,11H,2-5H2,(H,12,13,14). The van der Waals surface area contributed by atoms with Crippen LogP contribution in [0.4, 0.5) is 5.95 Å². The molecule has 0 aromatic carbocycles. The van der Waals surface area contributed by atoms with Gasteiger partial charge >= 0.3 is 0 Å². The first-order chi connectivity index (χ1) is 7.93. The van der Waals surface area contributed by atoms with E-state index >= 15 is 0 Å². The number of thiophene rings is 1. The minimum Gasteiger partial charge on any atom is -0.337 e. The van der Waals surface area contributed by atoms with Crippen molar-refractivity contribution in [3.8, 4) is 11.4 Å². The summed E-state index contributed by atoms with van der Waals surface area (Å²) < 4.78 is 0. The minimum atomic E-state index is 0.808. The average molecular weight is 235 g/mol. The van der Waals surface area contributed by atoms with E-state index in [0.717, 1.165) is 43.5 Å². The molecule has 16 heavy (non-hydrogen) atoms. The maximum Gasteiger partial charge on any atom is 0.245 e. The molecule has 2 N–H and O–H groups in total. The van der Waals surface area contributed by atoms with Crippen molar-refractivity contribution in [2.24, 2.45) is 0 Å². The van der Waals surface area contributed by atoms with Gasteiger partial charge in [0.25, 0.3) is 0 Å². The maximum absolute atomic E-state index is 4.51. The van der Waals surface area contributed by atoms with Crippen molar-refractivity contribution in [3.63, 3.8) is 0 Å². The summed E-state index contributed by atoms with van der Waals surface area (Å²) in [4.78, 5) is 6.71. The molecule has 6 heteroatoms. The third-order valence-electron chi connectivity index (χ3n) is 2.67. The van der Waals surface area contributed by atoms with Gasteiger partial charge in [-0.25, -0.2) is 0 Å². The summed E-state index contributed by atoms with van der Waals surface area (Å²) in [5.41, 5.74) is 1.11. The second kappa shape index (κ2) is 4.23. The zero-order valence-electron chi connectivity index (χ0n) is 8.81. The predicted molar refractivity (Wildman–Crippen MR) is 64.8 cm³/mol. The number of hydrogen-bond acceptors (Lipinski definition) is 5. The van der Waals surface area contributed by atoms with Crippen molar-refractivity contribution in [2.75, 3.05) is 31.1 Å². The molecule has 0 spiro atoms. The van der Waals surface area contributed by atoms with Gasteiger partial charge in [0.1, 0.15) is 0 Å². The number of hydrogen-bond donors (Lipinski definition) is 2. The summed E-state index contributed by atoms with van der Waals surface area (Å²) in [6.45, 7) is 3.95. The number of aromatic amines is 1. The molecule has 0 aliphatic carbocycles. The van der Waals surface area contributed by atoms with Crippen molar-refractivity contribution < 1.29 is 0 Å². The molecule has 2 aromatic rings. The lowest BCUT2D eigenvalue weighted by atomic mass is 10.3. The Bertz CT molecular complexity index is 443. The summed E-state index contributed by atoms with van der Waals surface area (Å²) in [5, 5.41) is 14.7. The van der Waals surface area contributed by atoms with Gasteiger partial charge in [0.15, 0.2) is 5.82 Å².